The van der Waals surface area contributed by atoms with Crippen molar-refractivity contribution in [2.45, 2.75) is 18.9 Å². The number of rotatable bonds is 3. The summed E-state index contributed by atoms with van der Waals surface area (Å²) in [6, 6.07) is 6.13. The minimum Gasteiger partial charge on any atom is -0.496 e. The zero-order valence-electron chi connectivity index (χ0n) is 11.0. The van der Waals surface area contributed by atoms with Gasteiger partial charge in [0.1, 0.15) is 10.6 Å². The minimum absolute atomic E-state index is 0.0169. The van der Waals surface area contributed by atoms with Crippen LogP contribution in [0.5, 0.6) is 5.75 Å². The number of ether oxygens (including phenoxy) is 1. The van der Waals surface area contributed by atoms with Crippen molar-refractivity contribution in [1.29, 1.82) is 0 Å². The van der Waals surface area contributed by atoms with Crippen molar-refractivity contribution in [3.05, 3.63) is 23.1 Å². The molecule has 0 atom stereocenters. The molecule has 1 amide bonds. The van der Waals surface area contributed by atoms with Crippen LogP contribution in [0.25, 0.3) is 10.1 Å². The van der Waals surface area contributed by atoms with E-state index in [-0.39, 0.29) is 5.91 Å². The van der Waals surface area contributed by atoms with Gasteiger partial charge in [0.05, 0.1) is 18.2 Å². The lowest BCUT2D eigenvalue weighted by Gasteiger charge is -2.15. The predicted molar refractivity (Wildman–Crippen MR) is 77.9 cm³/mol. The van der Waals surface area contributed by atoms with Crippen LogP contribution in [0.15, 0.2) is 18.2 Å². The van der Waals surface area contributed by atoms with E-state index in [1.807, 2.05) is 25.2 Å². The number of anilines is 1. The third-order valence-electron chi connectivity index (χ3n) is 3.54. The molecule has 0 bridgehead atoms. The molecule has 4 nitrogen and oxygen atoms in total. The highest BCUT2D eigenvalue weighted by molar-refractivity contribution is 7.21. The van der Waals surface area contributed by atoms with E-state index in [0.717, 1.165) is 28.7 Å². The highest BCUT2D eigenvalue weighted by Crippen LogP contribution is 2.40. The summed E-state index contributed by atoms with van der Waals surface area (Å²) in [6.07, 6.45) is 2.19. The summed E-state index contributed by atoms with van der Waals surface area (Å²) in [5.41, 5.74) is 6.69. The summed E-state index contributed by atoms with van der Waals surface area (Å²) in [6.45, 7) is 0. The minimum atomic E-state index is 0.0169. The number of nitrogen functional groups attached to an aromatic ring is 1. The summed E-state index contributed by atoms with van der Waals surface area (Å²) in [4.78, 5) is 14.9. The quantitative estimate of drug-likeness (QED) is 0.937. The molecule has 2 aromatic rings. The van der Waals surface area contributed by atoms with Crippen LogP contribution in [-0.4, -0.2) is 31.0 Å². The Hall–Kier alpha value is -1.75. The second-order valence-electron chi connectivity index (χ2n) is 4.83. The monoisotopic (exact) mass is 276 g/mol. The number of benzene rings is 1. The lowest BCUT2D eigenvalue weighted by Crippen LogP contribution is -2.28. The lowest BCUT2D eigenvalue weighted by molar-refractivity contribution is 0.0791. The highest BCUT2D eigenvalue weighted by Gasteiger charge is 2.32. The number of nitrogens with two attached hydrogens (primary N) is 1. The molecule has 0 radical (unpaired) electrons. The van der Waals surface area contributed by atoms with Crippen LogP contribution in [0.3, 0.4) is 0 Å². The van der Waals surface area contributed by atoms with Gasteiger partial charge in [0.15, 0.2) is 0 Å². The number of thiophene rings is 1. The van der Waals surface area contributed by atoms with Crippen molar-refractivity contribution >= 4 is 33.0 Å². The Balaban J connectivity index is 2.09. The first-order valence-electron chi connectivity index (χ1n) is 6.25. The maximum absolute atomic E-state index is 12.4. The van der Waals surface area contributed by atoms with Gasteiger partial charge in [-0.15, -0.1) is 11.3 Å². The van der Waals surface area contributed by atoms with E-state index in [0.29, 0.717) is 16.6 Å². The molecule has 1 fully saturated rings. The molecule has 3 rings (SSSR count). The van der Waals surface area contributed by atoms with Crippen LogP contribution in [-0.2, 0) is 0 Å². The van der Waals surface area contributed by atoms with Crippen molar-refractivity contribution in [2.75, 3.05) is 19.9 Å². The van der Waals surface area contributed by atoms with Crippen LogP contribution in [0.4, 0.5) is 5.69 Å². The van der Waals surface area contributed by atoms with E-state index < -0.39 is 0 Å². The summed E-state index contributed by atoms with van der Waals surface area (Å²) in [5, 5.41) is 0.850. The molecule has 1 aliphatic rings. The van der Waals surface area contributed by atoms with Crippen LogP contribution in [0.1, 0.15) is 22.5 Å². The van der Waals surface area contributed by atoms with E-state index in [4.69, 9.17) is 10.5 Å². The standard InChI is InChI=1S/C14H16N2O2S/c1-16(8-6-7-8)14(17)13-12(15)11-9(18-2)4-3-5-10(11)19-13/h3-5,8H,6-7,15H2,1-2H3. The third kappa shape index (κ3) is 1.94. The van der Waals surface area contributed by atoms with Gasteiger partial charge in [-0.25, -0.2) is 0 Å². The number of methoxy groups -OCH3 is 1. The predicted octanol–water partition coefficient (Wildman–Crippen LogP) is 2.73. The van der Waals surface area contributed by atoms with Gasteiger partial charge in [0.2, 0.25) is 0 Å². The zero-order chi connectivity index (χ0) is 13.6. The number of hydrogen-bond acceptors (Lipinski definition) is 4. The van der Waals surface area contributed by atoms with Crippen molar-refractivity contribution in [3.63, 3.8) is 0 Å². The first-order chi connectivity index (χ1) is 9.13. The number of nitrogens with zero attached hydrogens (tertiary/aromatic N) is 1. The van der Waals surface area contributed by atoms with Crippen molar-refractivity contribution in [2.24, 2.45) is 0 Å². The molecular weight excluding hydrogens is 260 g/mol. The Bertz CT molecular complexity index is 646. The molecule has 2 N–H and O–H groups in total. The first-order valence-corrected chi connectivity index (χ1v) is 7.07. The molecule has 0 unspecified atom stereocenters. The van der Waals surface area contributed by atoms with E-state index in [2.05, 4.69) is 0 Å². The molecule has 1 aromatic carbocycles. The average Bonchev–Trinajstić information content (AvgIpc) is 3.22. The molecule has 0 spiro atoms. The van der Waals surface area contributed by atoms with Crippen LogP contribution < -0.4 is 10.5 Å². The van der Waals surface area contributed by atoms with Crippen LogP contribution in [0.2, 0.25) is 0 Å². The van der Waals surface area contributed by atoms with Gasteiger partial charge in [-0.3, -0.25) is 4.79 Å². The molecule has 100 valence electrons. The van der Waals surface area contributed by atoms with Gasteiger partial charge < -0.3 is 15.4 Å². The second kappa shape index (κ2) is 4.42. The Morgan fingerprint density at radius 3 is 2.84 bits per heavy atom. The number of amides is 1. The Labute approximate surface area is 115 Å². The maximum Gasteiger partial charge on any atom is 0.266 e. The largest absolute Gasteiger partial charge is 0.496 e. The molecule has 19 heavy (non-hydrogen) atoms. The van der Waals surface area contributed by atoms with Crippen molar-refractivity contribution < 1.29 is 9.53 Å². The van der Waals surface area contributed by atoms with Crippen molar-refractivity contribution in [1.82, 2.24) is 4.90 Å². The topological polar surface area (TPSA) is 55.6 Å². The zero-order valence-corrected chi connectivity index (χ0v) is 11.8. The second-order valence-corrected chi connectivity index (χ2v) is 5.88. The van der Waals surface area contributed by atoms with E-state index >= 15 is 0 Å². The maximum atomic E-state index is 12.4. The number of carbonyl (C=O) groups is 1. The fourth-order valence-corrected chi connectivity index (χ4v) is 3.38. The van der Waals surface area contributed by atoms with E-state index in [1.54, 1.807) is 12.0 Å². The fraction of sp³-hybridized carbons (Fsp3) is 0.357. The molecule has 1 heterocycles. The van der Waals surface area contributed by atoms with Gasteiger partial charge >= 0.3 is 0 Å². The summed E-state index contributed by atoms with van der Waals surface area (Å²) >= 11 is 1.44. The molecule has 1 saturated carbocycles. The van der Waals surface area contributed by atoms with Gasteiger partial charge in [0, 0.05) is 17.8 Å². The summed E-state index contributed by atoms with van der Waals surface area (Å²) in [5.74, 6) is 0.739. The molecule has 0 saturated heterocycles. The Morgan fingerprint density at radius 1 is 1.47 bits per heavy atom. The van der Waals surface area contributed by atoms with E-state index in [1.165, 1.54) is 11.3 Å². The number of fused-ring (bicyclic) bond motifs is 1. The lowest BCUT2D eigenvalue weighted by atomic mass is 10.2. The fourth-order valence-electron chi connectivity index (χ4n) is 2.26. The molecule has 5 heteroatoms. The van der Waals surface area contributed by atoms with Crippen molar-refractivity contribution in [3.8, 4) is 5.75 Å². The molecule has 1 aromatic heterocycles. The van der Waals surface area contributed by atoms with Gasteiger partial charge in [-0.05, 0) is 25.0 Å². The molecule has 0 aliphatic heterocycles. The normalized spacial score (nSPS) is 14.6. The highest BCUT2D eigenvalue weighted by atomic mass is 32.1. The SMILES string of the molecule is COc1cccc2sc(C(=O)N(C)C3CC3)c(N)c12. The van der Waals surface area contributed by atoms with Gasteiger partial charge in [-0.2, -0.15) is 0 Å². The number of hydrogen-bond donors (Lipinski definition) is 1. The van der Waals surface area contributed by atoms with Crippen LogP contribution >= 0.6 is 11.3 Å². The first kappa shape index (κ1) is 12.3. The summed E-state index contributed by atoms with van der Waals surface area (Å²) < 4.78 is 6.31. The molecular formula is C14H16N2O2S. The number of carbonyl (C=O) groups excluding carboxylic acids is 1. The van der Waals surface area contributed by atoms with Crippen LogP contribution in [0, 0.1) is 0 Å². The molecule has 1 aliphatic carbocycles. The average molecular weight is 276 g/mol. The third-order valence-corrected chi connectivity index (χ3v) is 4.70. The van der Waals surface area contributed by atoms with Gasteiger partial charge in [0.25, 0.3) is 5.91 Å². The summed E-state index contributed by atoms with van der Waals surface area (Å²) in [7, 11) is 3.46. The van der Waals surface area contributed by atoms with Gasteiger partial charge in [-0.1, -0.05) is 6.07 Å². The Kier molecular flexibility index (Phi) is 2.86. The Morgan fingerprint density at radius 2 is 2.21 bits per heavy atom. The smallest absolute Gasteiger partial charge is 0.266 e. The van der Waals surface area contributed by atoms with E-state index in [9.17, 15) is 4.79 Å².